The number of hydrogen-bond acceptors (Lipinski definition) is 4. The lowest BCUT2D eigenvalue weighted by molar-refractivity contribution is -0.384. The number of rotatable bonds is 6. The van der Waals surface area contributed by atoms with Gasteiger partial charge in [0.2, 0.25) is 0 Å². The largest absolute Gasteiger partial charge is 0.353 e. The second-order valence-corrected chi connectivity index (χ2v) is 4.11. The molecule has 0 aromatic carbocycles. The summed E-state index contributed by atoms with van der Waals surface area (Å²) in [7, 11) is 0. The first-order chi connectivity index (χ1) is 7.15. The highest BCUT2D eigenvalue weighted by atomic mass is 32.2. The van der Waals surface area contributed by atoms with Gasteiger partial charge in [-0.2, -0.15) is 11.8 Å². The molecule has 0 saturated carbocycles. The third kappa shape index (κ3) is 3.39. The molecule has 82 valence electrons. The fourth-order valence-electron chi connectivity index (χ4n) is 1.04. The van der Waals surface area contributed by atoms with Gasteiger partial charge in [0.05, 0.1) is 22.6 Å². The average Bonchev–Trinajstić information content (AvgIpc) is 2.66. The molecule has 5 nitrogen and oxygen atoms in total. The number of carbonyl (C=O) groups excluding carboxylic acids is 1. The highest BCUT2D eigenvalue weighted by molar-refractivity contribution is 7.99. The van der Waals surface area contributed by atoms with E-state index in [1.165, 1.54) is 24.0 Å². The maximum Gasteiger partial charge on any atom is 0.287 e. The lowest BCUT2D eigenvalue weighted by Gasteiger charge is -1.96. The maximum atomic E-state index is 11.5. The molecular formula is C9H12N2O3S. The zero-order valence-corrected chi connectivity index (χ0v) is 9.17. The van der Waals surface area contributed by atoms with Crippen LogP contribution in [0.2, 0.25) is 0 Å². The Balaban J connectivity index is 2.54. The molecule has 0 aliphatic heterocycles. The molecule has 1 N–H and O–H groups in total. The Kier molecular flexibility index (Phi) is 4.36. The molecule has 0 bridgehead atoms. The SMILES string of the molecule is CCCSCC(=O)c1cc([N+](=O)[O-])c[nH]1. The smallest absolute Gasteiger partial charge is 0.287 e. The minimum Gasteiger partial charge on any atom is -0.353 e. The van der Waals surface area contributed by atoms with Crippen molar-refractivity contribution in [2.45, 2.75) is 13.3 Å². The average molecular weight is 228 g/mol. The van der Waals surface area contributed by atoms with Crippen molar-refractivity contribution >= 4 is 23.2 Å². The molecule has 6 heteroatoms. The van der Waals surface area contributed by atoms with E-state index in [0.717, 1.165) is 12.2 Å². The van der Waals surface area contributed by atoms with E-state index in [0.29, 0.717) is 11.4 Å². The van der Waals surface area contributed by atoms with Gasteiger partial charge < -0.3 is 4.98 Å². The maximum absolute atomic E-state index is 11.5. The van der Waals surface area contributed by atoms with Crippen LogP contribution in [0.4, 0.5) is 5.69 Å². The molecule has 1 heterocycles. The number of nitro groups is 1. The summed E-state index contributed by atoms with van der Waals surface area (Å²) in [6.07, 6.45) is 2.25. The second-order valence-electron chi connectivity index (χ2n) is 3.00. The summed E-state index contributed by atoms with van der Waals surface area (Å²) in [4.78, 5) is 23.9. The zero-order chi connectivity index (χ0) is 11.3. The Morgan fingerprint density at radius 2 is 2.40 bits per heavy atom. The van der Waals surface area contributed by atoms with Crippen LogP contribution in [0.15, 0.2) is 12.3 Å². The van der Waals surface area contributed by atoms with E-state index in [1.54, 1.807) is 0 Å². The third-order valence-electron chi connectivity index (χ3n) is 1.76. The highest BCUT2D eigenvalue weighted by Crippen LogP contribution is 2.14. The van der Waals surface area contributed by atoms with Crippen molar-refractivity contribution in [3.8, 4) is 0 Å². The van der Waals surface area contributed by atoms with Crippen molar-refractivity contribution in [3.05, 3.63) is 28.1 Å². The topological polar surface area (TPSA) is 76.0 Å². The predicted octanol–water partition coefficient (Wildman–Crippen LogP) is 2.25. The van der Waals surface area contributed by atoms with Crippen LogP contribution in [0.5, 0.6) is 0 Å². The quantitative estimate of drug-likeness (QED) is 0.350. The van der Waals surface area contributed by atoms with E-state index in [-0.39, 0.29) is 11.5 Å². The first-order valence-corrected chi connectivity index (χ1v) is 5.74. The van der Waals surface area contributed by atoms with Gasteiger partial charge in [0.25, 0.3) is 5.69 Å². The molecule has 0 aliphatic rings. The van der Waals surface area contributed by atoms with Crippen LogP contribution in [0.25, 0.3) is 0 Å². The van der Waals surface area contributed by atoms with Crippen molar-refractivity contribution in [1.82, 2.24) is 4.98 Å². The van der Waals surface area contributed by atoms with Gasteiger partial charge in [-0.05, 0) is 12.2 Å². The Labute approximate surface area is 91.4 Å². The Morgan fingerprint density at radius 1 is 1.67 bits per heavy atom. The molecule has 0 unspecified atom stereocenters. The normalized spacial score (nSPS) is 10.2. The van der Waals surface area contributed by atoms with Crippen LogP contribution in [0, 0.1) is 10.1 Å². The Bertz CT molecular complexity index is 362. The van der Waals surface area contributed by atoms with Crippen molar-refractivity contribution in [3.63, 3.8) is 0 Å². The molecule has 15 heavy (non-hydrogen) atoms. The van der Waals surface area contributed by atoms with Crippen LogP contribution < -0.4 is 0 Å². The van der Waals surface area contributed by atoms with Crippen LogP contribution in [0.1, 0.15) is 23.8 Å². The Hall–Kier alpha value is -1.30. The van der Waals surface area contributed by atoms with Crippen LogP contribution >= 0.6 is 11.8 Å². The number of Topliss-reactive ketones (excluding diaryl/α,β-unsaturated/α-hetero) is 1. The lowest BCUT2D eigenvalue weighted by atomic mass is 10.3. The number of thioether (sulfide) groups is 1. The standard InChI is InChI=1S/C9H12N2O3S/c1-2-3-15-6-9(12)8-4-7(5-10-8)11(13)14/h4-5,10H,2-3,6H2,1H3. The minimum atomic E-state index is -0.521. The summed E-state index contributed by atoms with van der Waals surface area (Å²) in [5, 5.41) is 10.4. The molecule has 0 amide bonds. The summed E-state index contributed by atoms with van der Waals surface area (Å²) in [6, 6.07) is 1.27. The van der Waals surface area contributed by atoms with E-state index < -0.39 is 4.92 Å². The van der Waals surface area contributed by atoms with Gasteiger partial charge in [0.1, 0.15) is 0 Å². The fraction of sp³-hybridized carbons (Fsp3) is 0.444. The van der Waals surface area contributed by atoms with Gasteiger partial charge in [0, 0.05) is 6.07 Å². The van der Waals surface area contributed by atoms with Gasteiger partial charge in [0.15, 0.2) is 5.78 Å². The number of aromatic nitrogens is 1. The molecule has 0 radical (unpaired) electrons. The van der Waals surface area contributed by atoms with E-state index in [1.807, 2.05) is 6.92 Å². The third-order valence-corrected chi connectivity index (χ3v) is 2.92. The Morgan fingerprint density at radius 3 is 2.93 bits per heavy atom. The predicted molar refractivity (Wildman–Crippen MR) is 59.4 cm³/mol. The van der Waals surface area contributed by atoms with Gasteiger partial charge in [-0.1, -0.05) is 6.92 Å². The molecule has 0 fully saturated rings. The number of aromatic amines is 1. The molecule has 0 saturated heterocycles. The van der Waals surface area contributed by atoms with Crippen molar-refractivity contribution < 1.29 is 9.72 Å². The number of nitrogens with zero attached hydrogens (tertiary/aromatic N) is 1. The first-order valence-electron chi connectivity index (χ1n) is 4.59. The summed E-state index contributed by atoms with van der Waals surface area (Å²) in [6.45, 7) is 2.04. The van der Waals surface area contributed by atoms with Gasteiger partial charge >= 0.3 is 0 Å². The number of ketones is 1. The number of hydrogen-bond donors (Lipinski definition) is 1. The van der Waals surface area contributed by atoms with Crippen LogP contribution in [-0.2, 0) is 0 Å². The zero-order valence-electron chi connectivity index (χ0n) is 8.36. The van der Waals surface area contributed by atoms with Gasteiger partial charge in [-0.3, -0.25) is 14.9 Å². The molecule has 0 atom stereocenters. The monoisotopic (exact) mass is 228 g/mol. The van der Waals surface area contributed by atoms with Crippen LogP contribution in [0.3, 0.4) is 0 Å². The molecular weight excluding hydrogens is 216 g/mol. The lowest BCUT2D eigenvalue weighted by Crippen LogP contribution is -2.02. The van der Waals surface area contributed by atoms with Crippen molar-refractivity contribution in [1.29, 1.82) is 0 Å². The van der Waals surface area contributed by atoms with E-state index in [2.05, 4.69) is 4.98 Å². The van der Waals surface area contributed by atoms with Crippen molar-refractivity contribution in [2.75, 3.05) is 11.5 Å². The number of nitrogens with one attached hydrogen (secondary N) is 1. The van der Waals surface area contributed by atoms with Gasteiger partial charge in [-0.15, -0.1) is 0 Å². The van der Waals surface area contributed by atoms with E-state index in [9.17, 15) is 14.9 Å². The second kappa shape index (κ2) is 5.55. The van der Waals surface area contributed by atoms with Gasteiger partial charge in [-0.25, -0.2) is 0 Å². The van der Waals surface area contributed by atoms with Crippen LogP contribution in [-0.4, -0.2) is 27.2 Å². The summed E-state index contributed by atoms with van der Waals surface area (Å²) < 4.78 is 0. The fourth-order valence-corrected chi connectivity index (χ4v) is 1.81. The minimum absolute atomic E-state index is 0.0705. The molecule has 1 rings (SSSR count). The number of carbonyl (C=O) groups is 1. The summed E-state index contributed by atoms with van der Waals surface area (Å²) >= 11 is 1.53. The number of H-pyrrole nitrogens is 1. The summed E-state index contributed by atoms with van der Waals surface area (Å²) in [5.74, 6) is 1.20. The summed E-state index contributed by atoms with van der Waals surface area (Å²) in [5.41, 5.74) is 0.240. The highest BCUT2D eigenvalue weighted by Gasteiger charge is 2.13. The van der Waals surface area contributed by atoms with E-state index >= 15 is 0 Å². The molecule has 1 aromatic heterocycles. The molecule has 0 spiro atoms. The van der Waals surface area contributed by atoms with Crippen molar-refractivity contribution in [2.24, 2.45) is 0 Å². The van der Waals surface area contributed by atoms with E-state index in [4.69, 9.17) is 0 Å². The molecule has 0 aliphatic carbocycles. The molecule has 1 aromatic rings. The first kappa shape index (κ1) is 11.8.